The van der Waals surface area contributed by atoms with Crippen molar-refractivity contribution >= 4 is 7.98 Å². The molecule has 0 bridgehead atoms. The first-order valence-electron chi connectivity index (χ1n) is 2.65. The molecule has 0 aromatic rings. The van der Waals surface area contributed by atoms with E-state index in [1.54, 1.807) is 0 Å². The lowest BCUT2D eigenvalue weighted by Crippen LogP contribution is -2.32. The van der Waals surface area contributed by atoms with Crippen LogP contribution in [0.15, 0.2) is 0 Å². The molecule has 0 spiro atoms. The average Bonchev–Trinajstić information content (AvgIpc) is 1.61. The minimum absolute atomic E-state index is 0.590. The molecule has 0 rings (SSSR count). The minimum Gasteiger partial charge on any atom is -0.351 e. The molecule has 0 saturated heterocycles. The number of hydrogen-bond donors (Lipinski definition) is 2. The van der Waals surface area contributed by atoms with Gasteiger partial charge < -0.3 is 10.5 Å². The lowest BCUT2D eigenvalue weighted by Gasteiger charge is -2.04. The minimum atomic E-state index is 0.590. The summed E-state index contributed by atoms with van der Waals surface area (Å²) in [7, 11) is 1.93. The highest BCUT2D eigenvalue weighted by atomic mass is 15.0. The highest BCUT2D eigenvalue weighted by Gasteiger charge is 1.84. The van der Waals surface area contributed by atoms with E-state index in [0.29, 0.717) is 6.04 Å². The Morgan fingerprint density at radius 3 is 2.29 bits per heavy atom. The summed E-state index contributed by atoms with van der Waals surface area (Å²) in [6.07, 6.45) is 0. The van der Waals surface area contributed by atoms with Gasteiger partial charge in [-0.3, -0.25) is 0 Å². The zero-order valence-electron chi connectivity index (χ0n) is 5.28. The molecule has 0 aliphatic heterocycles. The first kappa shape index (κ1) is 6.98. The molecule has 3 heteroatoms. The SMILES string of the molecule is BNCNC(C)C. The molecular weight excluding hydrogens is 86.9 g/mol. The van der Waals surface area contributed by atoms with Crippen molar-refractivity contribution in [3.05, 3.63) is 0 Å². The quantitative estimate of drug-likeness (QED) is 0.354. The summed E-state index contributed by atoms with van der Waals surface area (Å²) in [5.41, 5.74) is 0. The van der Waals surface area contributed by atoms with Crippen LogP contribution >= 0.6 is 0 Å². The molecule has 0 aliphatic carbocycles. The monoisotopic (exact) mass is 100 g/mol. The van der Waals surface area contributed by atoms with Gasteiger partial charge in [-0.1, -0.05) is 0 Å². The fourth-order valence-electron chi connectivity index (χ4n) is 0.306. The Bertz CT molecular complexity index is 38.7. The average molecular weight is 100.0 g/mol. The van der Waals surface area contributed by atoms with E-state index >= 15 is 0 Å². The Morgan fingerprint density at radius 2 is 2.14 bits per heavy atom. The van der Waals surface area contributed by atoms with Gasteiger partial charge in [0.15, 0.2) is 7.98 Å². The van der Waals surface area contributed by atoms with Gasteiger partial charge in [0.05, 0.1) is 0 Å². The van der Waals surface area contributed by atoms with Crippen molar-refractivity contribution in [1.29, 1.82) is 0 Å². The first-order chi connectivity index (χ1) is 3.27. The summed E-state index contributed by atoms with van der Waals surface area (Å²) >= 11 is 0. The lowest BCUT2D eigenvalue weighted by molar-refractivity contribution is 0.584. The highest BCUT2D eigenvalue weighted by molar-refractivity contribution is 6.04. The fraction of sp³-hybridized carbons (Fsp3) is 1.00. The van der Waals surface area contributed by atoms with E-state index in [4.69, 9.17) is 0 Å². The summed E-state index contributed by atoms with van der Waals surface area (Å²) in [6, 6.07) is 0.590. The second-order valence-electron chi connectivity index (χ2n) is 1.89. The van der Waals surface area contributed by atoms with Crippen molar-refractivity contribution in [2.24, 2.45) is 0 Å². The normalized spacial score (nSPS) is 10.1. The third kappa shape index (κ3) is 5.98. The van der Waals surface area contributed by atoms with E-state index in [0.717, 1.165) is 6.67 Å². The molecule has 0 unspecified atom stereocenters. The van der Waals surface area contributed by atoms with Crippen LogP contribution in [-0.2, 0) is 0 Å². The third-order valence-corrected chi connectivity index (χ3v) is 0.687. The highest BCUT2D eigenvalue weighted by Crippen LogP contribution is 1.69. The van der Waals surface area contributed by atoms with E-state index in [2.05, 4.69) is 24.4 Å². The molecule has 0 atom stereocenters. The molecule has 7 heavy (non-hydrogen) atoms. The van der Waals surface area contributed by atoms with Crippen molar-refractivity contribution < 1.29 is 0 Å². The van der Waals surface area contributed by atoms with Gasteiger partial charge in [0, 0.05) is 12.7 Å². The van der Waals surface area contributed by atoms with Crippen LogP contribution in [0.5, 0.6) is 0 Å². The number of rotatable bonds is 3. The summed E-state index contributed by atoms with van der Waals surface area (Å²) in [6.45, 7) is 5.15. The Labute approximate surface area is 46.1 Å². The predicted molar refractivity (Wildman–Crippen MR) is 34.8 cm³/mol. The molecule has 2 N–H and O–H groups in total. The molecule has 0 aromatic heterocycles. The van der Waals surface area contributed by atoms with Gasteiger partial charge in [0.25, 0.3) is 0 Å². The van der Waals surface area contributed by atoms with E-state index in [1.807, 2.05) is 7.98 Å². The van der Waals surface area contributed by atoms with E-state index in [9.17, 15) is 0 Å². The smallest absolute Gasteiger partial charge is 0.183 e. The van der Waals surface area contributed by atoms with Gasteiger partial charge in [-0.2, -0.15) is 0 Å². The molecule has 0 fully saturated rings. The molecule has 0 heterocycles. The van der Waals surface area contributed by atoms with Crippen LogP contribution in [0.2, 0.25) is 0 Å². The van der Waals surface area contributed by atoms with E-state index in [1.165, 1.54) is 0 Å². The standard InChI is InChI=1S/C4H13BN2/c1-4(2)6-3-7-5/h4,6-7H,3,5H2,1-2H3. The molecule has 0 aliphatic rings. The predicted octanol–water partition coefficient (Wildman–Crippen LogP) is -0.920. The van der Waals surface area contributed by atoms with Crippen LogP contribution in [0.25, 0.3) is 0 Å². The summed E-state index contributed by atoms with van der Waals surface area (Å²) < 4.78 is 0. The van der Waals surface area contributed by atoms with Crippen LogP contribution in [0.3, 0.4) is 0 Å². The molecule has 0 radical (unpaired) electrons. The summed E-state index contributed by atoms with van der Waals surface area (Å²) in [5.74, 6) is 0. The second kappa shape index (κ2) is 4.15. The molecule has 0 saturated carbocycles. The zero-order chi connectivity index (χ0) is 5.70. The van der Waals surface area contributed by atoms with Crippen molar-refractivity contribution in [3.8, 4) is 0 Å². The van der Waals surface area contributed by atoms with Crippen LogP contribution in [0, 0.1) is 0 Å². The maximum absolute atomic E-state index is 3.18. The number of hydrogen-bond acceptors (Lipinski definition) is 2. The van der Waals surface area contributed by atoms with Crippen molar-refractivity contribution in [2.45, 2.75) is 19.9 Å². The van der Waals surface area contributed by atoms with Crippen LogP contribution < -0.4 is 10.5 Å². The Kier molecular flexibility index (Phi) is 4.14. The molecule has 0 aromatic carbocycles. The zero-order valence-corrected chi connectivity index (χ0v) is 5.28. The Balaban J connectivity index is 2.68. The van der Waals surface area contributed by atoms with Gasteiger partial charge in [-0.15, -0.1) is 0 Å². The molecule has 42 valence electrons. The van der Waals surface area contributed by atoms with Crippen molar-refractivity contribution in [3.63, 3.8) is 0 Å². The van der Waals surface area contributed by atoms with Gasteiger partial charge in [-0.25, -0.2) is 0 Å². The van der Waals surface area contributed by atoms with Gasteiger partial charge in [0.1, 0.15) is 0 Å². The van der Waals surface area contributed by atoms with Gasteiger partial charge in [0.2, 0.25) is 0 Å². The Hall–Kier alpha value is -0.0151. The topological polar surface area (TPSA) is 24.1 Å². The first-order valence-corrected chi connectivity index (χ1v) is 2.65. The van der Waals surface area contributed by atoms with Crippen molar-refractivity contribution in [1.82, 2.24) is 10.5 Å². The van der Waals surface area contributed by atoms with Crippen LogP contribution in [-0.4, -0.2) is 20.7 Å². The van der Waals surface area contributed by atoms with Crippen molar-refractivity contribution in [2.75, 3.05) is 6.67 Å². The third-order valence-electron chi connectivity index (χ3n) is 0.687. The number of nitrogens with one attached hydrogen (secondary N) is 2. The largest absolute Gasteiger partial charge is 0.351 e. The van der Waals surface area contributed by atoms with Crippen LogP contribution in [0.1, 0.15) is 13.8 Å². The Morgan fingerprint density at radius 1 is 1.57 bits per heavy atom. The van der Waals surface area contributed by atoms with Gasteiger partial charge >= 0.3 is 0 Å². The lowest BCUT2D eigenvalue weighted by atomic mass is 10.4. The fourth-order valence-corrected chi connectivity index (χ4v) is 0.306. The van der Waals surface area contributed by atoms with Crippen LogP contribution in [0.4, 0.5) is 0 Å². The maximum atomic E-state index is 3.18. The van der Waals surface area contributed by atoms with Gasteiger partial charge in [-0.05, 0) is 13.8 Å². The summed E-state index contributed by atoms with van der Waals surface area (Å²) in [4.78, 5) is 0. The molecule has 2 nitrogen and oxygen atoms in total. The van der Waals surface area contributed by atoms with E-state index < -0.39 is 0 Å². The van der Waals surface area contributed by atoms with E-state index in [-0.39, 0.29) is 0 Å². The second-order valence-corrected chi connectivity index (χ2v) is 1.89. The maximum Gasteiger partial charge on any atom is 0.183 e. The molecule has 0 amide bonds. The summed E-state index contributed by atoms with van der Waals surface area (Å²) in [5, 5.41) is 6.17. The molecular formula is C4H13BN2.